The van der Waals surface area contributed by atoms with Crippen molar-refractivity contribution in [3.05, 3.63) is 0 Å². The van der Waals surface area contributed by atoms with Crippen LogP contribution in [0.3, 0.4) is 0 Å². The molecule has 0 spiro atoms. The molecular weight excluding hydrogens is 178 g/mol. The summed E-state index contributed by atoms with van der Waals surface area (Å²) in [4.78, 5) is 3.85. The molecule has 5 nitrogen and oxygen atoms in total. The number of hydrogen-bond donors (Lipinski definition) is 4. The van der Waals surface area contributed by atoms with Gasteiger partial charge in [-0.2, -0.15) is 0 Å². The lowest BCUT2D eigenvalue weighted by Gasteiger charge is -2.10. The van der Waals surface area contributed by atoms with Gasteiger partial charge in [-0.15, -0.1) is 0 Å². The monoisotopic (exact) mass is 197 g/mol. The summed E-state index contributed by atoms with van der Waals surface area (Å²) in [7, 11) is 0. The van der Waals surface area contributed by atoms with Gasteiger partial charge in [-0.05, 0) is 19.8 Å². The number of hydrogen-bond acceptors (Lipinski definition) is 2. The second-order valence-corrected chi connectivity index (χ2v) is 3.68. The van der Waals surface area contributed by atoms with Gasteiger partial charge in [-0.3, -0.25) is 16.1 Å². The fourth-order valence-corrected chi connectivity index (χ4v) is 0.720. The van der Waals surface area contributed by atoms with Crippen LogP contribution < -0.4 is 10.6 Å². The van der Waals surface area contributed by atoms with Gasteiger partial charge in [0.25, 0.3) is 0 Å². The molecule has 0 aromatic rings. The van der Waals surface area contributed by atoms with Crippen LogP contribution in [0.2, 0.25) is 0 Å². The van der Waals surface area contributed by atoms with Crippen molar-refractivity contribution in [2.24, 2.45) is 10.9 Å². The Bertz CT molecular complexity index is 238. The van der Waals surface area contributed by atoms with Crippen molar-refractivity contribution in [3.63, 3.8) is 0 Å². The first kappa shape index (κ1) is 12.6. The molecule has 0 saturated carbocycles. The molecule has 14 heavy (non-hydrogen) atoms. The zero-order valence-electron chi connectivity index (χ0n) is 9.23. The Balaban J connectivity index is 3.84. The van der Waals surface area contributed by atoms with Gasteiger partial charge in [0.05, 0.1) is 0 Å². The molecule has 5 heteroatoms. The van der Waals surface area contributed by atoms with Crippen molar-refractivity contribution in [1.82, 2.24) is 10.6 Å². The van der Waals surface area contributed by atoms with Crippen LogP contribution in [0.4, 0.5) is 0 Å². The molecule has 0 heterocycles. The predicted octanol–water partition coefficient (Wildman–Crippen LogP) is 1.17. The highest BCUT2D eigenvalue weighted by molar-refractivity contribution is 6.01. The van der Waals surface area contributed by atoms with Crippen molar-refractivity contribution in [1.29, 1.82) is 10.8 Å². The maximum Gasteiger partial charge on any atom is 0.221 e. The third-order valence-electron chi connectivity index (χ3n) is 1.27. The zero-order chi connectivity index (χ0) is 11.1. The molecule has 0 atom stereocenters. The van der Waals surface area contributed by atoms with Crippen LogP contribution in [-0.2, 0) is 0 Å². The molecule has 0 fully saturated rings. The maximum atomic E-state index is 7.42. The van der Waals surface area contributed by atoms with E-state index in [9.17, 15) is 0 Å². The SMILES string of the molecule is CC(C)=NC(=N)NC(=N)NCC(C)C. The van der Waals surface area contributed by atoms with Crippen molar-refractivity contribution in [3.8, 4) is 0 Å². The van der Waals surface area contributed by atoms with Crippen LogP contribution in [0, 0.1) is 16.7 Å². The van der Waals surface area contributed by atoms with Crippen LogP contribution >= 0.6 is 0 Å². The number of nitrogens with one attached hydrogen (secondary N) is 4. The van der Waals surface area contributed by atoms with E-state index < -0.39 is 0 Å². The molecule has 0 aliphatic rings. The van der Waals surface area contributed by atoms with E-state index in [1.165, 1.54) is 0 Å². The van der Waals surface area contributed by atoms with Crippen LogP contribution in [0.15, 0.2) is 4.99 Å². The van der Waals surface area contributed by atoms with Crippen molar-refractivity contribution in [2.45, 2.75) is 27.7 Å². The van der Waals surface area contributed by atoms with E-state index >= 15 is 0 Å². The second kappa shape index (κ2) is 6.12. The molecule has 4 N–H and O–H groups in total. The van der Waals surface area contributed by atoms with Gasteiger partial charge in [-0.1, -0.05) is 13.8 Å². The van der Waals surface area contributed by atoms with E-state index in [1.54, 1.807) is 13.8 Å². The Morgan fingerprint density at radius 3 is 2.29 bits per heavy atom. The van der Waals surface area contributed by atoms with Crippen molar-refractivity contribution in [2.75, 3.05) is 6.54 Å². The zero-order valence-corrected chi connectivity index (χ0v) is 9.23. The summed E-state index contributed by atoms with van der Waals surface area (Å²) in [5.41, 5.74) is 0.791. The first-order valence-electron chi connectivity index (χ1n) is 4.61. The highest BCUT2D eigenvalue weighted by Crippen LogP contribution is 1.86. The Hall–Kier alpha value is -1.39. The number of guanidine groups is 2. The van der Waals surface area contributed by atoms with Gasteiger partial charge in [0.1, 0.15) is 0 Å². The highest BCUT2D eigenvalue weighted by atomic mass is 15.2. The summed E-state index contributed by atoms with van der Waals surface area (Å²) in [6.45, 7) is 8.44. The lowest BCUT2D eigenvalue weighted by Crippen LogP contribution is -2.40. The third kappa shape index (κ3) is 7.27. The first-order valence-corrected chi connectivity index (χ1v) is 4.61. The van der Waals surface area contributed by atoms with E-state index in [4.69, 9.17) is 10.8 Å². The van der Waals surface area contributed by atoms with Gasteiger partial charge in [-0.25, -0.2) is 4.99 Å². The summed E-state index contributed by atoms with van der Waals surface area (Å²) < 4.78 is 0. The lowest BCUT2D eigenvalue weighted by molar-refractivity contribution is 0.619. The van der Waals surface area contributed by atoms with E-state index in [0.29, 0.717) is 12.5 Å². The van der Waals surface area contributed by atoms with Crippen LogP contribution in [0.5, 0.6) is 0 Å². The molecular formula is C9H19N5. The molecule has 0 unspecified atom stereocenters. The smallest absolute Gasteiger partial charge is 0.221 e. The first-order chi connectivity index (χ1) is 6.41. The van der Waals surface area contributed by atoms with Gasteiger partial charge in [0, 0.05) is 12.3 Å². The molecule has 0 amide bonds. The van der Waals surface area contributed by atoms with E-state index in [0.717, 1.165) is 5.71 Å². The van der Waals surface area contributed by atoms with Crippen LogP contribution in [0.25, 0.3) is 0 Å². The standard InChI is InChI=1S/C9H19N5/c1-6(2)5-12-8(10)14-9(11)13-7(3)4/h6H,5H2,1-4H3,(H4,10,11,12,14). The largest absolute Gasteiger partial charge is 0.356 e. The molecule has 0 aliphatic carbocycles. The summed E-state index contributed by atoms with van der Waals surface area (Å²) in [5.74, 6) is 0.586. The van der Waals surface area contributed by atoms with Crippen LogP contribution in [-0.4, -0.2) is 24.2 Å². The minimum Gasteiger partial charge on any atom is -0.356 e. The quantitative estimate of drug-likeness (QED) is 0.396. The summed E-state index contributed by atoms with van der Waals surface area (Å²) in [6.07, 6.45) is 0. The molecule has 0 aromatic heterocycles. The minimum atomic E-state index is -0.00810. The molecule has 0 bridgehead atoms. The molecule has 0 rings (SSSR count). The van der Waals surface area contributed by atoms with Gasteiger partial charge < -0.3 is 5.32 Å². The summed E-state index contributed by atoms with van der Waals surface area (Å²) in [5, 5.41) is 20.2. The Labute approximate surface area is 85.0 Å². The fourth-order valence-electron chi connectivity index (χ4n) is 0.720. The molecule has 0 radical (unpaired) electrons. The normalized spacial score (nSPS) is 9.50. The fraction of sp³-hybridized carbons (Fsp3) is 0.667. The van der Waals surface area contributed by atoms with E-state index in [2.05, 4.69) is 29.5 Å². The molecule has 80 valence electrons. The Morgan fingerprint density at radius 2 is 1.86 bits per heavy atom. The van der Waals surface area contributed by atoms with Gasteiger partial charge in [0.2, 0.25) is 5.96 Å². The average Bonchev–Trinajstić information content (AvgIpc) is 1.98. The average molecular weight is 197 g/mol. The minimum absolute atomic E-state index is 0.00810. The maximum absolute atomic E-state index is 7.42. The number of nitrogens with zero attached hydrogens (tertiary/aromatic N) is 1. The Kier molecular flexibility index (Phi) is 5.52. The number of rotatable bonds is 2. The third-order valence-corrected chi connectivity index (χ3v) is 1.27. The number of aliphatic imine (C=N–C) groups is 1. The second-order valence-electron chi connectivity index (χ2n) is 3.68. The molecule has 0 aliphatic heterocycles. The highest BCUT2D eigenvalue weighted by Gasteiger charge is 1.99. The van der Waals surface area contributed by atoms with Gasteiger partial charge >= 0.3 is 0 Å². The summed E-state index contributed by atoms with van der Waals surface area (Å²) >= 11 is 0. The molecule has 0 aromatic carbocycles. The summed E-state index contributed by atoms with van der Waals surface area (Å²) in [6, 6.07) is 0. The van der Waals surface area contributed by atoms with Crippen molar-refractivity contribution < 1.29 is 0 Å². The van der Waals surface area contributed by atoms with Gasteiger partial charge in [0.15, 0.2) is 5.96 Å². The molecule has 0 saturated heterocycles. The van der Waals surface area contributed by atoms with Crippen LogP contribution in [0.1, 0.15) is 27.7 Å². The lowest BCUT2D eigenvalue weighted by atomic mass is 10.2. The van der Waals surface area contributed by atoms with E-state index in [1.807, 2.05) is 0 Å². The topological polar surface area (TPSA) is 84.1 Å². The predicted molar refractivity (Wildman–Crippen MR) is 60.2 cm³/mol. The van der Waals surface area contributed by atoms with Crippen molar-refractivity contribution >= 4 is 17.6 Å². The van der Waals surface area contributed by atoms with E-state index in [-0.39, 0.29) is 11.9 Å². The Morgan fingerprint density at radius 1 is 1.29 bits per heavy atom.